The highest BCUT2D eigenvalue weighted by atomic mass is 32.2. The zero-order chi connectivity index (χ0) is 17.6. The van der Waals surface area contributed by atoms with E-state index in [4.69, 9.17) is 9.47 Å². The van der Waals surface area contributed by atoms with E-state index in [9.17, 15) is 0 Å². The minimum absolute atomic E-state index is 0.563. The molecule has 0 bridgehead atoms. The molecule has 0 heterocycles. The number of nitrogens with zero attached hydrogens (tertiary/aromatic N) is 1. The van der Waals surface area contributed by atoms with Gasteiger partial charge in [-0.3, -0.25) is 0 Å². The molecule has 0 aliphatic rings. The van der Waals surface area contributed by atoms with Crippen molar-refractivity contribution in [3.63, 3.8) is 0 Å². The molecule has 4 nitrogen and oxygen atoms in total. The lowest BCUT2D eigenvalue weighted by atomic mass is 10.1. The van der Waals surface area contributed by atoms with E-state index >= 15 is 0 Å². The average Bonchev–Trinajstić information content (AvgIpc) is 2.55. The molecule has 0 radical (unpaired) electrons. The first-order chi connectivity index (χ1) is 11.7. The van der Waals surface area contributed by atoms with Crippen molar-refractivity contribution in [2.24, 2.45) is 5.16 Å². The van der Waals surface area contributed by atoms with E-state index < -0.39 is 0 Å². The van der Waals surface area contributed by atoms with Gasteiger partial charge in [-0.05, 0) is 44.0 Å². The standard InChI is InChI=1S/C19H27NO3S/c1-5-6-10-22-18-14-16(2)19(17(3)15-18)23-11-7-8-12-24-13-9-20-21-4/h5-9,14-15H,10-13H2,1-4H3/b6-5+,8-7+,20-9?. The first kappa shape index (κ1) is 20.2. The number of oxime groups is 1. The Morgan fingerprint density at radius 1 is 1.00 bits per heavy atom. The third kappa shape index (κ3) is 8.11. The van der Waals surface area contributed by atoms with E-state index in [-0.39, 0.29) is 0 Å². The number of hydrogen-bond donors (Lipinski definition) is 0. The van der Waals surface area contributed by atoms with Gasteiger partial charge in [0.05, 0.1) is 6.21 Å². The topological polar surface area (TPSA) is 40.0 Å². The highest BCUT2D eigenvalue weighted by molar-refractivity contribution is 8.00. The molecule has 5 heteroatoms. The maximum Gasteiger partial charge on any atom is 0.125 e. The maximum absolute atomic E-state index is 5.88. The first-order valence-electron chi connectivity index (χ1n) is 7.94. The van der Waals surface area contributed by atoms with Crippen LogP contribution in [0.25, 0.3) is 0 Å². The number of rotatable bonds is 11. The molecule has 0 N–H and O–H groups in total. The zero-order valence-electron chi connectivity index (χ0n) is 15.0. The Kier molecular flexibility index (Phi) is 10.5. The number of ether oxygens (including phenoxy) is 2. The molecule has 0 fully saturated rings. The fraction of sp³-hybridized carbons (Fsp3) is 0.421. The molecular weight excluding hydrogens is 322 g/mol. The van der Waals surface area contributed by atoms with Crippen molar-refractivity contribution >= 4 is 18.0 Å². The molecule has 132 valence electrons. The Balaban J connectivity index is 2.40. The molecule has 0 atom stereocenters. The van der Waals surface area contributed by atoms with Gasteiger partial charge in [-0.15, -0.1) is 0 Å². The van der Waals surface area contributed by atoms with Crippen molar-refractivity contribution in [2.75, 3.05) is 31.8 Å². The van der Waals surface area contributed by atoms with Crippen LogP contribution in [-0.2, 0) is 4.84 Å². The molecule has 0 saturated heterocycles. The predicted octanol–water partition coefficient (Wildman–Crippen LogP) is 4.56. The number of allylic oxidation sites excluding steroid dienone is 1. The second-order valence-electron chi connectivity index (χ2n) is 5.06. The van der Waals surface area contributed by atoms with Gasteiger partial charge in [0, 0.05) is 11.5 Å². The largest absolute Gasteiger partial charge is 0.490 e. The molecule has 1 aromatic rings. The summed E-state index contributed by atoms with van der Waals surface area (Å²) in [6, 6.07) is 4.03. The first-order valence-corrected chi connectivity index (χ1v) is 9.10. The molecule has 0 aliphatic heterocycles. The minimum Gasteiger partial charge on any atom is -0.490 e. The van der Waals surface area contributed by atoms with Gasteiger partial charge in [-0.1, -0.05) is 29.5 Å². The summed E-state index contributed by atoms with van der Waals surface area (Å²) in [7, 11) is 1.54. The number of benzene rings is 1. The van der Waals surface area contributed by atoms with Gasteiger partial charge in [0.15, 0.2) is 0 Å². The third-order valence-electron chi connectivity index (χ3n) is 3.09. The SMILES string of the molecule is C/C=C/COc1cc(C)c(OC/C=C/CSCC=NOC)c(C)c1. The van der Waals surface area contributed by atoms with Gasteiger partial charge in [0.2, 0.25) is 0 Å². The van der Waals surface area contributed by atoms with E-state index in [1.165, 1.54) is 0 Å². The quantitative estimate of drug-likeness (QED) is 0.254. The average molecular weight is 349 g/mol. The lowest BCUT2D eigenvalue weighted by Gasteiger charge is -2.13. The van der Waals surface area contributed by atoms with Crippen molar-refractivity contribution in [3.05, 3.63) is 47.6 Å². The Morgan fingerprint density at radius 3 is 2.38 bits per heavy atom. The Bertz CT molecular complexity index is 545. The Hall–Kier alpha value is -1.88. The highest BCUT2D eigenvalue weighted by Crippen LogP contribution is 2.28. The van der Waals surface area contributed by atoms with Gasteiger partial charge < -0.3 is 14.3 Å². The Morgan fingerprint density at radius 2 is 1.71 bits per heavy atom. The molecule has 0 spiro atoms. The van der Waals surface area contributed by atoms with Crippen molar-refractivity contribution in [1.29, 1.82) is 0 Å². The molecule has 0 saturated carbocycles. The van der Waals surface area contributed by atoms with Gasteiger partial charge in [0.25, 0.3) is 0 Å². The fourth-order valence-corrected chi connectivity index (χ4v) is 2.60. The van der Waals surface area contributed by atoms with Crippen LogP contribution in [0.2, 0.25) is 0 Å². The van der Waals surface area contributed by atoms with Crippen molar-refractivity contribution in [1.82, 2.24) is 0 Å². The molecular formula is C19H27NO3S. The van der Waals surface area contributed by atoms with Crippen LogP contribution < -0.4 is 9.47 Å². The summed E-state index contributed by atoms with van der Waals surface area (Å²) in [4.78, 5) is 4.60. The summed E-state index contributed by atoms with van der Waals surface area (Å²) < 4.78 is 11.6. The summed E-state index contributed by atoms with van der Waals surface area (Å²) in [6.45, 7) is 7.22. The summed E-state index contributed by atoms with van der Waals surface area (Å²) in [5, 5.41) is 3.69. The van der Waals surface area contributed by atoms with Crippen molar-refractivity contribution in [2.45, 2.75) is 20.8 Å². The van der Waals surface area contributed by atoms with E-state index in [0.717, 1.165) is 34.1 Å². The van der Waals surface area contributed by atoms with Crippen LogP contribution in [0.3, 0.4) is 0 Å². The second kappa shape index (κ2) is 12.5. The normalized spacial score (nSPS) is 11.7. The van der Waals surface area contributed by atoms with Crippen LogP contribution in [0.1, 0.15) is 18.1 Å². The molecule has 0 unspecified atom stereocenters. The fourth-order valence-electron chi connectivity index (χ4n) is 2.02. The van der Waals surface area contributed by atoms with Crippen LogP contribution in [0.15, 0.2) is 41.6 Å². The lowest BCUT2D eigenvalue weighted by Crippen LogP contribution is -2.00. The van der Waals surface area contributed by atoms with Gasteiger partial charge in [-0.25, -0.2) is 0 Å². The predicted molar refractivity (Wildman–Crippen MR) is 104 cm³/mol. The monoisotopic (exact) mass is 349 g/mol. The zero-order valence-corrected chi connectivity index (χ0v) is 15.8. The molecule has 0 aromatic heterocycles. The van der Waals surface area contributed by atoms with E-state index in [1.807, 2.05) is 51.1 Å². The summed E-state index contributed by atoms with van der Waals surface area (Å²) in [5.74, 6) is 3.57. The second-order valence-corrected chi connectivity index (χ2v) is 6.13. The Labute approximate surface area is 149 Å². The van der Waals surface area contributed by atoms with Crippen LogP contribution >= 0.6 is 11.8 Å². The lowest BCUT2D eigenvalue weighted by molar-refractivity contribution is 0.215. The van der Waals surface area contributed by atoms with E-state index in [0.29, 0.717) is 13.2 Å². The molecule has 0 aliphatic carbocycles. The third-order valence-corrected chi connectivity index (χ3v) is 3.91. The maximum atomic E-state index is 5.88. The van der Waals surface area contributed by atoms with Crippen LogP contribution in [0.4, 0.5) is 0 Å². The molecule has 0 amide bonds. The van der Waals surface area contributed by atoms with Gasteiger partial charge in [0.1, 0.15) is 31.8 Å². The van der Waals surface area contributed by atoms with E-state index in [1.54, 1.807) is 25.1 Å². The number of thioether (sulfide) groups is 1. The summed E-state index contributed by atoms with van der Waals surface area (Å²) in [6.07, 6.45) is 9.85. The van der Waals surface area contributed by atoms with Crippen molar-refractivity contribution in [3.8, 4) is 11.5 Å². The summed E-state index contributed by atoms with van der Waals surface area (Å²) >= 11 is 1.76. The van der Waals surface area contributed by atoms with Gasteiger partial charge >= 0.3 is 0 Å². The van der Waals surface area contributed by atoms with Gasteiger partial charge in [-0.2, -0.15) is 11.8 Å². The van der Waals surface area contributed by atoms with Crippen molar-refractivity contribution < 1.29 is 14.3 Å². The minimum atomic E-state index is 0.563. The van der Waals surface area contributed by atoms with E-state index in [2.05, 4.69) is 16.1 Å². The highest BCUT2D eigenvalue weighted by Gasteiger charge is 2.06. The van der Waals surface area contributed by atoms with Crippen LogP contribution in [0.5, 0.6) is 11.5 Å². The molecule has 24 heavy (non-hydrogen) atoms. The number of aryl methyl sites for hydroxylation is 2. The van der Waals surface area contributed by atoms with Crippen LogP contribution in [-0.4, -0.2) is 38.0 Å². The number of hydrogen-bond acceptors (Lipinski definition) is 5. The summed E-state index contributed by atoms with van der Waals surface area (Å²) in [5.41, 5.74) is 2.17. The molecule has 1 aromatic carbocycles. The smallest absolute Gasteiger partial charge is 0.125 e. The van der Waals surface area contributed by atoms with Crippen LogP contribution in [0, 0.1) is 13.8 Å². The molecule has 1 rings (SSSR count).